The Bertz CT molecular complexity index is 895. The quantitative estimate of drug-likeness (QED) is 0.525. The van der Waals surface area contributed by atoms with Crippen LogP contribution >= 0.6 is 11.6 Å². The highest BCUT2D eigenvalue weighted by Gasteiger charge is 2.21. The Morgan fingerprint density at radius 1 is 1.33 bits per heavy atom. The monoisotopic (exact) mass is 438 g/mol. The topological polar surface area (TPSA) is 108 Å². The zero-order valence-corrected chi connectivity index (χ0v) is 18.0. The molecule has 30 heavy (non-hydrogen) atoms. The molecule has 2 rings (SSSR count). The molecule has 11 heteroatoms. The van der Waals surface area contributed by atoms with E-state index in [-0.39, 0.29) is 30.5 Å². The molecule has 0 aromatic heterocycles. The molecule has 0 unspecified atom stereocenters. The smallest absolute Gasteiger partial charge is 0.409 e. The van der Waals surface area contributed by atoms with Crippen LogP contribution in [-0.2, 0) is 16.1 Å². The number of rotatable bonds is 6. The van der Waals surface area contributed by atoms with Gasteiger partial charge in [0.2, 0.25) is 0 Å². The Morgan fingerprint density at radius 2 is 2.07 bits per heavy atom. The molecular weight excluding hydrogens is 415 g/mol. The van der Waals surface area contributed by atoms with Gasteiger partial charge in [-0.05, 0) is 38.5 Å². The van der Waals surface area contributed by atoms with E-state index in [9.17, 15) is 14.0 Å². The third-order valence-electron chi connectivity index (χ3n) is 3.58. The van der Waals surface area contributed by atoms with E-state index < -0.39 is 23.4 Å². The summed E-state index contributed by atoms with van der Waals surface area (Å²) in [4.78, 5) is 32.3. The average Bonchev–Trinajstić information content (AvgIpc) is 2.66. The molecule has 0 radical (unpaired) electrons. The van der Waals surface area contributed by atoms with E-state index in [0.29, 0.717) is 11.3 Å². The lowest BCUT2D eigenvalue weighted by Gasteiger charge is -2.21. The fourth-order valence-corrected chi connectivity index (χ4v) is 2.50. The summed E-state index contributed by atoms with van der Waals surface area (Å²) in [7, 11) is 1.62. The second-order valence-electron chi connectivity index (χ2n) is 7.41. The average molecular weight is 439 g/mol. The maximum absolute atomic E-state index is 13.2. The summed E-state index contributed by atoms with van der Waals surface area (Å²) in [5.41, 5.74) is 0.458. The molecule has 162 valence electrons. The van der Waals surface area contributed by atoms with Gasteiger partial charge in [0.05, 0.1) is 11.6 Å². The highest BCUT2D eigenvalue weighted by Crippen LogP contribution is 2.15. The van der Waals surface area contributed by atoms with E-state index in [1.165, 1.54) is 29.5 Å². The van der Waals surface area contributed by atoms with Crippen LogP contribution in [0.3, 0.4) is 0 Å². The fourth-order valence-electron chi connectivity index (χ4n) is 2.29. The third kappa shape index (κ3) is 7.43. The number of aliphatic imine (C=N–C) groups is 2. The number of halogens is 2. The van der Waals surface area contributed by atoms with Crippen molar-refractivity contribution in [3.05, 3.63) is 34.6 Å². The van der Waals surface area contributed by atoms with E-state index in [1.807, 2.05) is 0 Å². The maximum Gasteiger partial charge on any atom is 0.409 e. The van der Waals surface area contributed by atoms with Crippen molar-refractivity contribution < 1.29 is 18.7 Å². The number of amides is 2. The molecule has 0 bridgehead atoms. The molecule has 1 aromatic carbocycles. The molecule has 1 aliphatic rings. The Kier molecular flexibility index (Phi) is 7.87. The minimum atomic E-state index is -0.612. The Morgan fingerprint density at radius 3 is 2.73 bits per heavy atom. The van der Waals surface area contributed by atoms with Crippen LogP contribution in [0.5, 0.6) is 0 Å². The summed E-state index contributed by atoms with van der Waals surface area (Å²) in [6, 6.07) is 4.19. The van der Waals surface area contributed by atoms with Crippen molar-refractivity contribution in [3.63, 3.8) is 0 Å². The number of hydrogen-bond donors (Lipinski definition) is 2. The van der Waals surface area contributed by atoms with Crippen molar-refractivity contribution >= 4 is 41.4 Å². The Hall–Kier alpha value is -3.01. The number of nitrogens with one attached hydrogen (secondary N) is 2. The van der Waals surface area contributed by atoms with Gasteiger partial charge in [0, 0.05) is 13.6 Å². The lowest BCUT2D eigenvalue weighted by Crippen LogP contribution is -2.41. The molecule has 9 nitrogen and oxygen atoms in total. The van der Waals surface area contributed by atoms with Gasteiger partial charge in [-0.2, -0.15) is 5.10 Å². The lowest BCUT2D eigenvalue weighted by molar-refractivity contribution is -0.114. The molecule has 1 aromatic rings. The van der Waals surface area contributed by atoms with Gasteiger partial charge in [0.25, 0.3) is 5.91 Å². The van der Waals surface area contributed by atoms with Gasteiger partial charge in [0.15, 0.2) is 5.71 Å². The van der Waals surface area contributed by atoms with Crippen molar-refractivity contribution in [2.75, 3.05) is 20.3 Å². The number of nitrogens with zero attached hydrogens (tertiary/aromatic N) is 4. The summed E-state index contributed by atoms with van der Waals surface area (Å²) in [5, 5.41) is 11.0. The van der Waals surface area contributed by atoms with Gasteiger partial charge in [-0.25, -0.2) is 14.2 Å². The van der Waals surface area contributed by atoms with Gasteiger partial charge in [-0.3, -0.25) is 14.8 Å². The number of carbonyl (C=O) groups is 2. The minimum absolute atomic E-state index is 0.0229. The normalized spacial score (nSPS) is 14.9. The molecule has 2 N–H and O–H groups in total. The fraction of sp³-hybridized carbons (Fsp3) is 0.421. The number of ether oxygens (including phenoxy) is 1. The Balaban J connectivity index is 1.96. The third-order valence-corrected chi connectivity index (χ3v) is 3.87. The molecule has 0 saturated carbocycles. The van der Waals surface area contributed by atoms with Crippen molar-refractivity contribution in [3.8, 4) is 0 Å². The van der Waals surface area contributed by atoms with E-state index in [2.05, 4.69) is 25.7 Å². The summed E-state index contributed by atoms with van der Waals surface area (Å²) in [6.07, 6.45) is 0.697. The van der Waals surface area contributed by atoms with Gasteiger partial charge in [0.1, 0.15) is 30.1 Å². The van der Waals surface area contributed by atoms with Gasteiger partial charge in [-0.1, -0.05) is 17.7 Å². The first-order valence-electron chi connectivity index (χ1n) is 9.09. The molecular formula is C19H24ClFN6O3. The number of alkyl carbamates (subject to hydrolysis) is 1. The van der Waals surface area contributed by atoms with Gasteiger partial charge >= 0.3 is 6.09 Å². The van der Waals surface area contributed by atoms with Gasteiger partial charge < -0.3 is 15.4 Å². The summed E-state index contributed by atoms with van der Waals surface area (Å²) in [5.74, 6) is -0.995. The van der Waals surface area contributed by atoms with Crippen molar-refractivity contribution in [2.45, 2.75) is 32.9 Å². The van der Waals surface area contributed by atoms with Crippen LogP contribution in [0.2, 0.25) is 5.02 Å². The first-order chi connectivity index (χ1) is 14.0. The molecule has 0 spiro atoms. The van der Waals surface area contributed by atoms with Crippen LogP contribution < -0.4 is 10.6 Å². The van der Waals surface area contributed by atoms with E-state index in [4.69, 9.17) is 16.3 Å². The number of hydrogen-bond acceptors (Lipinski definition) is 7. The first kappa shape index (κ1) is 23.3. The zero-order chi connectivity index (χ0) is 22.3. The van der Waals surface area contributed by atoms with E-state index >= 15 is 0 Å². The summed E-state index contributed by atoms with van der Waals surface area (Å²) in [6.45, 7) is 5.64. The molecule has 2 amide bonds. The molecule has 1 heterocycles. The van der Waals surface area contributed by atoms with E-state index in [1.54, 1.807) is 27.8 Å². The predicted molar refractivity (Wildman–Crippen MR) is 113 cm³/mol. The predicted octanol–water partition coefficient (Wildman–Crippen LogP) is 2.35. The van der Waals surface area contributed by atoms with Crippen molar-refractivity contribution in [1.29, 1.82) is 0 Å². The molecule has 0 saturated heterocycles. The standard InChI is InChI=1S/C19H24ClFN6O3/c1-19(2,3)30-18(29)25-11-27(4)26-15-9-22-10-24-16(15)17(28)23-8-12-5-6-14(21)13(20)7-12/h5-7,10H,8-9,11H2,1-4H3,(H,23,28)(H,25,29)/b26-15+. The zero-order valence-electron chi connectivity index (χ0n) is 17.2. The second-order valence-corrected chi connectivity index (χ2v) is 7.81. The van der Waals surface area contributed by atoms with Crippen LogP contribution in [-0.4, -0.2) is 60.6 Å². The van der Waals surface area contributed by atoms with Crippen LogP contribution in [0.25, 0.3) is 0 Å². The number of benzene rings is 1. The Labute approximate surface area is 179 Å². The SMILES string of the molecule is CN(CNC(=O)OC(C)(C)C)/N=C1\CN=CN=C1C(=O)NCc1ccc(F)c(Cl)c1. The molecule has 0 fully saturated rings. The number of carbonyl (C=O) groups excluding carboxylic acids is 2. The highest BCUT2D eigenvalue weighted by molar-refractivity contribution is 6.68. The highest BCUT2D eigenvalue weighted by atomic mass is 35.5. The summed E-state index contributed by atoms with van der Waals surface area (Å²) >= 11 is 5.75. The van der Waals surface area contributed by atoms with Crippen molar-refractivity contribution in [2.24, 2.45) is 15.1 Å². The van der Waals surface area contributed by atoms with Crippen LogP contribution in [0.15, 0.2) is 33.3 Å². The second kappa shape index (κ2) is 10.1. The molecule has 0 atom stereocenters. The first-order valence-corrected chi connectivity index (χ1v) is 9.47. The number of hydrazone groups is 1. The largest absolute Gasteiger partial charge is 0.444 e. The van der Waals surface area contributed by atoms with Crippen LogP contribution in [0.4, 0.5) is 9.18 Å². The summed E-state index contributed by atoms with van der Waals surface area (Å²) < 4.78 is 18.4. The van der Waals surface area contributed by atoms with Crippen LogP contribution in [0, 0.1) is 5.82 Å². The molecule has 1 aliphatic heterocycles. The molecule has 0 aliphatic carbocycles. The van der Waals surface area contributed by atoms with Gasteiger partial charge in [-0.15, -0.1) is 0 Å². The van der Waals surface area contributed by atoms with Crippen LogP contribution in [0.1, 0.15) is 26.3 Å². The lowest BCUT2D eigenvalue weighted by atomic mass is 10.2. The minimum Gasteiger partial charge on any atom is -0.444 e. The van der Waals surface area contributed by atoms with Crippen molar-refractivity contribution in [1.82, 2.24) is 15.6 Å². The van der Waals surface area contributed by atoms with E-state index in [0.717, 1.165) is 0 Å². The maximum atomic E-state index is 13.2.